The highest BCUT2D eigenvalue weighted by molar-refractivity contribution is 6.35. The monoisotopic (exact) mass is 677 g/mol. The quantitative estimate of drug-likeness (QED) is 0.138. The van der Waals surface area contributed by atoms with Crippen molar-refractivity contribution in [3.05, 3.63) is 87.1 Å². The zero-order chi connectivity index (χ0) is 34.5. The number of ether oxygens (including phenoxy) is 5. The maximum Gasteiger partial charge on any atom is 0.354 e. The van der Waals surface area contributed by atoms with Gasteiger partial charge in [0, 0.05) is 49.8 Å². The van der Waals surface area contributed by atoms with E-state index >= 15 is 0 Å². The number of nitrogens with zero attached hydrogens (tertiary/aromatic N) is 5. The lowest BCUT2D eigenvalue weighted by Gasteiger charge is -2.12. The number of aromatic nitrogens is 5. The zero-order valence-corrected chi connectivity index (χ0v) is 29.0. The summed E-state index contributed by atoms with van der Waals surface area (Å²) in [4.78, 5) is 25.1. The Morgan fingerprint density at radius 1 is 0.833 bits per heavy atom. The molecule has 0 N–H and O–H groups in total. The molecule has 5 rings (SSSR count). The van der Waals surface area contributed by atoms with Crippen LogP contribution in [0.4, 0.5) is 0 Å². The van der Waals surface area contributed by atoms with Crippen LogP contribution in [-0.2, 0) is 77.7 Å². The van der Waals surface area contributed by atoms with Crippen molar-refractivity contribution in [2.45, 2.75) is 46.2 Å². The lowest BCUT2D eigenvalue weighted by atomic mass is 9.98. The van der Waals surface area contributed by atoms with Gasteiger partial charge in [-0.2, -0.15) is 10.2 Å². The summed E-state index contributed by atoms with van der Waals surface area (Å²) >= 11 is 6.92. The van der Waals surface area contributed by atoms with Crippen molar-refractivity contribution in [3.8, 4) is 16.9 Å². The first-order valence-corrected chi connectivity index (χ1v) is 15.7. The van der Waals surface area contributed by atoms with E-state index in [4.69, 9.17) is 40.4 Å². The molecule has 0 atom stereocenters. The number of carbonyl (C=O) groups is 2. The third-order valence-corrected chi connectivity index (χ3v) is 8.76. The molecule has 13 heteroatoms. The summed E-state index contributed by atoms with van der Waals surface area (Å²) < 4.78 is 32.6. The van der Waals surface area contributed by atoms with Crippen molar-refractivity contribution in [2.75, 3.05) is 21.3 Å². The lowest BCUT2D eigenvalue weighted by Crippen LogP contribution is -2.11. The molecule has 254 valence electrons. The first kappa shape index (κ1) is 34.7. The molecule has 0 saturated heterocycles. The molecule has 3 aromatic heterocycles. The highest BCUT2D eigenvalue weighted by Gasteiger charge is 2.28. The van der Waals surface area contributed by atoms with Gasteiger partial charge >= 0.3 is 11.9 Å². The number of benzene rings is 2. The molecule has 0 aliphatic heterocycles. The fourth-order valence-corrected chi connectivity index (χ4v) is 6.15. The molecule has 5 aromatic rings. The molecule has 0 amide bonds. The zero-order valence-electron chi connectivity index (χ0n) is 28.3. The number of rotatable bonds is 14. The number of methoxy groups -OCH3 is 3. The Labute approximate surface area is 284 Å². The molecular formula is C35H40ClN5O7. The van der Waals surface area contributed by atoms with Crippen molar-refractivity contribution >= 4 is 34.4 Å². The van der Waals surface area contributed by atoms with E-state index < -0.39 is 5.97 Å². The number of aryl methyl sites for hydroxylation is 4. The molecule has 2 aromatic carbocycles. The topological polar surface area (TPSA) is 121 Å². The third kappa shape index (κ3) is 7.10. The van der Waals surface area contributed by atoms with Crippen molar-refractivity contribution < 1.29 is 33.3 Å². The van der Waals surface area contributed by atoms with Gasteiger partial charge in [-0.25, -0.2) is 4.79 Å². The smallest absolute Gasteiger partial charge is 0.354 e. The van der Waals surface area contributed by atoms with Crippen molar-refractivity contribution in [1.82, 2.24) is 24.1 Å². The van der Waals surface area contributed by atoms with Gasteiger partial charge in [0.2, 0.25) is 0 Å². The molecular weight excluding hydrogens is 638 g/mol. The molecule has 0 spiro atoms. The van der Waals surface area contributed by atoms with Crippen LogP contribution in [0.1, 0.15) is 50.8 Å². The first-order valence-electron chi connectivity index (χ1n) is 15.4. The van der Waals surface area contributed by atoms with Gasteiger partial charge < -0.3 is 28.3 Å². The molecule has 0 bridgehead atoms. The van der Waals surface area contributed by atoms with Gasteiger partial charge in [-0.05, 0) is 48.7 Å². The summed E-state index contributed by atoms with van der Waals surface area (Å²) in [5.74, 6) is -0.0824. The van der Waals surface area contributed by atoms with Gasteiger partial charge in [-0.3, -0.25) is 14.2 Å². The van der Waals surface area contributed by atoms with E-state index in [9.17, 15) is 9.59 Å². The van der Waals surface area contributed by atoms with Gasteiger partial charge in [0.15, 0.2) is 0 Å². The molecule has 0 aliphatic rings. The fraction of sp³-hybridized carbons (Fsp3) is 0.371. The predicted molar refractivity (Wildman–Crippen MR) is 180 cm³/mol. The second-order valence-corrected chi connectivity index (χ2v) is 11.8. The summed E-state index contributed by atoms with van der Waals surface area (Å²) in [6.45, 7) is 3.27. The van der Waals surface area contributed by atoms with Crippen LogP contribution in [0.3, 0.4) is 0 Å². The maximum absolute atomic E-state index is 13.0. The van der Waals surface area contributed by atoms with E-state index in [1.807, 2.05) is 57.4 Å². The van der Waals surface area contributed by atoms with E-state index in [0.29, 0.717) is 40.8 Å². The molecule has 12 nitrogen and oxygen atoms in total. The Morgan fingerprint density at radius 2 is 1.56 bits per heavy atom. The van der Waals surface area contributed by atoms with E-state index in [-0.39, 0.29) is 32.0 Å². The van der Waals surface area contributed by atoms with Gasteiger partial charge in [0.05, 0.1) is 75.4 Å². The van der Waals surface area contributed by atoms with Gasteiger partial charge in [0.25, 0.3) is 0 Å². The highest BCUT2D eigenvalue weighted by atomic mass is 35.5. The second-order valence-electron chi connectivity index (χ2n) is 11.4. The Morgan fingerprint density at radius 3 is 2.25 bits per heavy atom. The van der Waals surface area contributed by atoms with Crippen molar-refractivity contribution in [1.29, 1.82) is 0 Å². The minimum absolute atomic E-state index is 0.104. The minimum atomic E-state index is -0.511. The average molecular weight is 678 g/mol. The van der Waals surface area contributed by atoms with Crippen LogP contribution < -0.4 is 4.74 Å². The number of hydrogen-bond acceptors (Lipinski definition) is 9. The summed E-state index contributed by atoms with van der Waals surface area (Å²) in [5, 5.41) is 10.6. The molecule has 0 radical (unpaired) electrons. The number of hydrogen-bond donors (Lipinski definition) is 0. The standard InChI is InChI=1S/C35H40ClN5O7/c1-21-31(32-28(36)14-12-26-27(13-15-30(42)45-6)34(35(43)46-7)39(2)33(26)32)29(38-40(21)3)20-48-18-23-16-24(41(4)37-23)19-47-17-22-8-10-25(44-5)11-9-22/h8-12,14,16H,13,15,17-20H2,1-7H3. The SMILES string of the molecule is COC(=O)CCc1c(C(=O)OC)n(C)c2c(-c3c(COCc4cc(COCc5ccc(OC)cc5)n(C)n4)nn(C)c3C)c(Cl)ccc12. The van der Waals surface area contributed by atoms with Gasteiger partial charge in [-0.1, -0.05) is 29.8 Å². The summed E-state index contributed by atoms with van der Waals surface area (Å²) in [5.41, 5.74) is 7.55. The number of fused-ring (bicyclic) bond motifs is 1. The number of halogens is 1. The van der Waals surface area contributed by atoms with Crippen LogP contribution in [0.25, 0.3) is 22.0 Å². The molecule has 0 saturated carbocycles. The first-order chi connectivity index (χ1) is 23.1. The van der Waals surface area contributed by atoms with E-state index in [0.717, 1.165) is 44.9 Å². The Bertz CT molecular complexity index is 1940. The minimum Gasteiger partial charge on any atom is -0.497 e. The van der Waals surface area contributed by atoms with Crippen LogP contribution in [0.15, 0.2) is 42.5 Å². The largest absolute Gasteiger partial charge is 0.497 e. The highest BCUT2D eigenvalue weighted by Crippen LogP contribution is 2.42. The Balaban J connectivity index is 1.37. The van der Waals surface area contributed by atoms with E-state index in [1.54, 1.807) is 34.2 Å². The number of carbonyl (C=O) groups excluding carboxylic acids is 2. The summed E-state index contributed by atoms with van der Waals surface area (Å²) in [7, 11) is 9.84. The van der Waals surface area contributed by atoms with Crippen LogP contribution in [0.5, 0.6) is 5.75 Å². The second kappa shape index (κ2) is 15.1. The maximum atomic E-state index is 13.0. The molecule has 48 heavy (non-hydrogen) atoms. The van der Waals surface area contributed by atoms with Crippen LogP contribution in [0, 0.1) is 6.92 Å². The Hall–Kier alpha value is -4.65. The number of esters is 2. The van der Waals surface area contributed by atoms with Crippen LogP contribution in [0.2, 0.25) is 5.02 Å². The molecule has 3 heterocycles. The molecule has 0 aliphatic carbocycles. The van der Waals surface area contributed by atoms with Crippen molar-refractivity contribution in [2.24, 2.45) is 21.1 Å². The normalized spacial score (nSPS) is 11.3. The average Bonchev–Trinajstić information content (AvgIpc) is 3.68. The summed E-state index contributed by atoms with van der Waals surface area (Å²) in [6.07, 6.45) is 0.392. The molecule has 0 fully saturated rings. The predicted octanol–water partition coefficient (Wildman–Crippen LogP) is 5.61. The Kier molecular flexibility index (Phi) is 10.9. The fourth-order valence-electron chi connectivity index (χ4n) is 5.90. The summed E-state index contributed by atoms with van der Waals surface area (Å²) in [6, 6.07) is 13.4. The van der Waals surface area contributed by atoms with Gasteiger partial charge in [0.1, 0.15) is 11.4 Å². The van der Waals surface area contributed by atoms with E-state index in [1.165, 1.54) is 14.2 Å². The lowest BCUT2D eigenvalue weighted by molar-refractivity contribution is -0.140. The van der Waals surface area contributed by atoms with Crippen LogP contribution >= 0.6 is 11.6 Å². The van der Waals surface area contributed by atoms with Crippen LogP contribution in [-0.4, -0.2) is 57.4 Å². The molecule has 0 unspecified atom stereocenters. The van der Waals surface area contributed by atoms with Gasteiger partial charge in [-0.15, -0.1) is 0 Å². The van der Waals surface area contributed by atoms with E-state index in [2.05, 4.69) is 5.10 Å². The van der Waals surface area contributed by atoms with Crippen molar-refractivity contribution in [3.63, 3.8) is 0 Å². The third-order valence-electron chi connectivity index (χ3n) is 8.44.